The van der Waals surface area contributed by atoms with Crippen LogP contribution in [0.3, 0.4) is 0 Å². The molecule has 4 nitrogen and oxygen atoms in total. The van der Waals surface area contributed by atoms with Crippen LogP contribution < -0.4 is 0 Å². The van der Waals surface area contributed by atoms with E-state index in [9.17, 15) is 5.11 Å². The molecule has 2 heterocycles. The fourth-order valence-corrected chi connectivity index (χ4v) is 3.05. The van der Waals surface area contributed by atoms with Gasteiger partial charge in [0.05, 0.1) is 27.3 Å². The number of halogens is 1. The highest BCUT2D eigenvalue weighted by atomic mass is 127. The molecule has 0 saturated heterocycles. The predicted octanol–water partition coefficient (Wildman–Crippen LogP) is 3.30. The van der Waals surface area contributed by atoms with Crippen molar-refractivity contribution in [3.8, 4) is 11.8 Å². The van der Waals surface area contributed by atoms with Crippen LogP contribution >= 0.6 is 22.6 Å². The fourth-order valence-electron chi connectivity index (χ4n) is 2.39. The molecule has 21 heavy (non-hydrogen) atoms. The third kappa shape index (κ3) is 2.30. The van der Waals surface area contributed by atoms with E-state index < -0.39 is 0 Å². The Hall–Kier alpha value is -1.91. The van der Waals surface area contributed by atoms with Gasteiger partial charge in [-0.25, -0.2) is 0 Å². The van der Waals surface area contributed by atoms with E-state index in [1.165, 1.54) is 0 Å². The van der Waals surface area contributed by atoms with Crippen LogP contribution in [-0.4, -0.2) is 14.7 Å². The van der Waals surface area contributed by atoms with Gasteiger partial charge in [0.1, 0.15) is 5.52 Å². The van der Waals surface area contributed by atoms with Crippen molar-refractivity contribution in [3.63, 3.8) is 0 Å². The Bertz CT molecular complexity index is 860. The average Bonchev–Trinajstić information content (AvgIpc) is 2.78. The molecule has 0 aliphatic carbocycles. The summed E-state index contributed by atoms with van der Waals surface area (Å²) in [5.74, 6) is 0. The van der Waals surface area contributed by atoms with Crippen LogP contribution in [0.15, 0.2) is 36.5 Å². The van der Waals surface area contributed by atoms with Gasteiger partial charge in [-0.3, -0.25) is 4.98 Å². The summed E-state index contributed by atoms with van der Waals surface area (Å²) in [7, 11) is 0. The summed E-state index contributed by atoms with van der Waals surface area (Å²) in [5, 5.41) is 18.2. The number of aromatic nitrogens is 2. The quantitative estimate of drug-likeness (QED) is 0.685. The number of nitriles is 1. The molecule has 5 heteroatoms. The Morgan fingerprint density at radius 3 is 2.67 bits per heavy atom. The van der Waals surface area contributed by atoms with Gasteiger partial charge in [-0.05, 0) is 65.4 Å². The molecule has 0 bridgehead atoms. The number of aliphatic hydroxyl groups excluding tert-OH is 1. The molecule has 0 saturated carbocycles. The maximum Gasteiger partial charge on any atom is 0.102 e. The van der Waals surface area contributed by atoms with Crippen molar-refractivity contribution in [2.45, 2.75) is 13.5 Å². The van der Waals surface area contributed by atoms with E-state index in [4.69, 9.17) is 5.26 Å². The summed E-state index contributed by atoms with van der Waals surface area (Å²) in [6, 6.07) is 11.5. The maximum absolute atomic E-state index is 9.32. The third-order valence-corrected chi connectivity index (χ3v) is 4.75. The van der Waals surface area contributed by atoms with E-state index in [1.54, 1.807) is 18.3 Å². The molecule has 0 aliphatic rings. The molecule has 0 aliphatic heterocycles. The van der Waals surface area contributed by atoms with Gasteiger partial charge in [-0.2, -0.15) is 5.26 Å². The van der Waals surface area contributed by atoms with E-state index >= 15 is 0 Å². The Morgan fingerprint density at radius 1 is 1.33 bits per heavy atom. The van der Waals surface area contributed by atoms with E-state index in [0.717, 1.165) is 31.5 Å². The minimum atomic E-state index is -0.0306. The molecular formula is C16H12IN3O. The van der Waals surface area contributed by atoms with Crippen LogP contribution in [-0.2, 0) is 6.61 Å². The van der Waals surface area contributed by atoms with Gasteiger partial charge in [-0.15, -0.1) is 0 Å². The molecule has 0 unspecified atom stereocenters. The zero-order chi connectivity index (χ0) is 15.0. The standard InChI is InChI=1S/C16H12IN3O/c1-10-15(17)16-14(6-12(9-21)8-19-16)20(10)13-4-2-11(7-18)3-5-13/h2-6,8,21H,9H2,1H3. The Morgan fingerprint density at radius 2 is 2.05 bits per heavy atom. The van der Waals surface area contributed by atoms with E-state index in [0.29, 0.717) is 5.56 Å². The number of fused-ring (bicyclic) bond motifs is 1. The van der Waals surface area contributed by atoms with Gasteiger partial charge in [0, 0.05) is 17.6 Å². The second kappa shape index (κ2) is 5.47. The molecule has 104 valence electrons. The third-order valence-electron chi connectivity index (χ3n) is 3.46. The molecule has 1 aromatic carbocycles. The monoisotopic (exact) mass is 389 g/mol. The molecular weight excluding hydrogens is 377 g/mol. The first kappa shape index (κ1) is 14.0. The zero-order valence-electron chi connectivity index (χ0n) is 11.3. The molecule has 0 spiro atoms. The number of rotatable bonds is 2. The van der Waals surface area contributed by atoms with Crippen molar-refractivity contribution in [2.75, 3.05) is 0 Å². The summed E-state index contributed by atoms with van der Waals surface area (Å²) >= 11 is 2.29. The van der Waals surface area contributed by atoms with Crippen molar-refractivity contribution < 1.29 is 5.11 Å². The number of nitrogens with zero attached hydrogens (tertiary/aromatic N) is 3. The lowest BCUT2D eigenvalue weighted by Crippen LogP contribution is -1.97. The second-order valence-corrected chi connectivity index (χ2v) is 5.84. The van der Waals surface area contributed by atoms with Gasteiger partial charge in [0.25, 0.3) is 0 Å². The average molecular weight is 389 g/mol. The number of aliphatic hydroxyl groups is 1. The van der Waals surface area contributed by atoms with Crippen LogP contribution in [0.2, 0.25) is 0 Å². The zero-order valence-corrected chi connectivity index (χ0v) is 13.5. The summed E-state index contributed by atoms with van der Waals surface area (Å²) in [5.41, 5.74) is 5.39. The highest BCUT2D eigenvalue weighted by Gasteiger charge is 2.15. The highest BCUT2D eigenvalue weighted by Crippen LogP contribution is 2.29. The number of hydrogen-bond acceptors (Lipinski definition) is 3. The van der Waals surface area contributed by atoms with Gasteiger partial charge < -0.3 is 9.67 Å². The lowest BCUT2D eigenvalue weighted by atomic mass is 10.2. The Balaban J connectivity index is 2.29. The van der Waals surface area contributed by atoms with Crippen molar-refractivity contribution >= 4 is 33.6 Å². The molecule has 0 amide bonds. The van der Waals surface area contributed by atoms with E-state index in [-0.39, 0.29) is 6.61 Å². The Labute approximate surface area is 135 Å². The SMILES string of the molecule is Cc1c(I)c2ncc(CO)cc2n1-c1ccc(C#N)cc1. The summed E-state index contributed by atoms with van der Waals surface area (Å²) in [4.78, 5) is 4.45. The van der Waals surface area contributed by atoms with Crippen molar-refractivity contribution in [3.05, 3.63) is 56.9 Å². The largest absolute Gasteiger partial charge is 0.392 e. The van der Waals surface area contributed by atoms with Crippen LogP contribution in [0.25, 0.3) is 16.7 Å². The van der Waals surface area contributed by atoms with Gasteiger partial charge in [0.2, 0.25) is 0 Å². The topological polar surface area (TPSA) is 61.8 Å². The normalized spacial score (nSPS) is 10.8. The number of benzene rings is 1. The molecule has 0 atom stereocenters. The molecule has 0 fully saturated rings. The van der Waals surface area contributed by atoms with Gasteiger partial charge in [-0.1, -0.05) is 0 Å². The highest BCUT2D eigenvalue weighted by molar-refractivity contribution is 14.1. The number of hydrogen-bond donors (Lipinski definition) is 1. The van der Waals surface area contributed by atoms with Crippen molar-refractivity contribution in [2.24, 2.45) is 0 Å². The first-order valence-corrected chi connectivity index (χ1v) is 7.50. The van der Waals surface area contributed by atoms with Crippen molar-refractivity contribution in [1.82, 2.24) is 9.55 Å². The van der Waals surface area contributed by atoms with Gasteiger partial charge >= 0.3 is 0 Å². The summed E-state index contributed by atoms with van der Waals surface area (Å²) in [6.07, 6.45) is 1.70. The molecule has 0 radical (unpaired) electrons. The maximum atomic E-state index is 9.32. The number of pyridine rings is 1. The molecule has 2 aromatic heterocycles. The molecule has 3 rings (SSSR count). The van der Waals surface area contributed by atoms with Crippen LogP contribution in [0.1, 0.15) is 16.8 Å². The van der Waals surface area contributed by atoms with Crippen LogP contribution in [0.4, 0.5) is 0 Å². The minimum Gasteiger partial charge on any atom is -0.392 e. The second-order valence-electron chi connectivity index (χ2n) is 4.76. The van der Waals surface area contributed by atoms with Gasteiger partial charge in [0.15, 0.2) is 0 Å². The fraction of sp³-hybridized carbons (Fsp3) is 0.125. The van der Waals surface area contributed by atoms with E-state index in [1.807, 2.05) is 25.1 Å². The molecule has 3 aromatic rings. The lowest BCUT2D eigenvalue weighted by molar-refractivity contribution is 0.281. The summed E-state index contributed by atoms with van der Waals surface area (Å²) < 4.78 is 3.20. The van der Waals surface area contributed by atoms with Crippen LogP contribution in [0, 0.1) is 21.8 Å². The first-order valence-electron chi connectivity index (χ1n) is 6.42. The smallest absolute Gasteiger partial charge is 0.102 e. The molecule has 1 N–H and O–H groups in total. The minimum absolute atomic E-state index is 0.0306. The Kier molecular flexibility index (Phi) is 3.66. The summed E-state index contributed by atoms with van der Waals surface area (Å²) in [6.45, 7) is 2.01. The predicted molar refractivity (Wildman–Crippen MR) is 89.2 cm³/mol. The van der Waals surface area contributed by atoms with Crippen LogP contribution in [0.5, 0.6) is 0 Å². The first-order chi connectivity index (χ1) is 10.2. The van der Waals surface area contributed by atoms with Crippen molar-refractivity contribution in [1.29, 1.82) is 5.26 Å². The van der Waals surface area contributed by atoms with E-state index in [2.05, 4.69) is 38.2 Å². The lowest BCUT2D eigenvalue weighted by Gasteiger charge is -2.08.